The van der Waals surface area contributed by atoms with Crippen molar-refractivity contribution in [2.45, 2.75) is 32.1 Å². The van der Waals surface area contributed by atoms with Gasteiger partial charge in [-0.05, 0) is 24.6 Å². The molecule has 0 saturated heterocycles. The highest BCUT2D eigenvalue weighted by Gasteiger charge is 2.57. The number of benzene rings is 1. The zero-order chi connectivity index (χ0) is 18.5. The SMILES string of the molecule is Cc1cc(F)c(COC(=O)CCOCC(F)(F)C(F)(F)F)cc1F. The molecule has 0 aliphatic carbocycles. The third-order valence-electron chi connectivity index (χ3n) is 2.86. The van der Waals surface area contributed by atoms with Crippen molar-refractivity contribution in [2.75, 3.05) is 13.2 Å². The van der Waals surface area contributed by atoms with Gasteiger partial charge in [0.25, 0.3) is 0 Å². The number of carbonyl (C=O) groups excluding carboxylic acids is 1. The Morgan fingerprint density at radius 1 is 1.08 bits per heavy atom. The van der Waals surface area contributed by atoms with E-state index in [2.05, 4.69) is 9.47 Å². The first-order valence-electron chi connectivity index (χ1n) is 6.56. The summed E-state index contributed by atoms with van der Waals surface area (Å²) in [5.74, 6) is -7.56. The maximum Gasteiger partial charge on any atom is 0.455 e. The van der Waals surface area contributed by atoms with Crippen LogP contribution in [-0.4, -0.2) is 31.3 Å². The van der Waals surface area contributed by atoms with Gasteiger partial charge < -0.3 is 9.47 Å². The summed E-state index contributed by atoms with van der Waals surface area (Å²) >= 11 is 0. The molecule has 0 aliphatic heterocycles. The van der Waals surface area contributed by atoms with Gasteiger partial charge in [0, 0.05) is 5.56 Å². The summed E-state index contributed by atoms with van der Waals surface area (Å²) in [6.07, 6.45) is -6.37. The molecule has 10 heteroatoms. The van der Waals surface area contributed by atoms with Crippen LogP contribution in [-0.2, 0) is 20.9 Å². The van der Waals surface area contributed by atoms with Crippen LogP contribution in [0.4, 0.5) is 30.7 Å². The minimum absolute atomic E-state index is 0.0570. The Kier molecular flexibility index (Phi) is 6.58. The van der Waals surface area contributed by atoms with Gasteiger partial charge in [-0.15, -0.1) is 0 Å². The minimum Gasteiger partial charge on any atom is -0.461 e. The second kappa shape index (κ2) is 7.82. The summed E-state index contributed by atoms with van der Waals surface area (Å²) in [5, 5.41) is 0. The van der Waals surface area contributed by atoms with E-state index in [-0.39, 0.29) is 11.1 Å². The van der Waals surface area contributed by atoms with Gasteiger partial charge >= 0.3 is 18.1 Å². The molecule has 0 unspecified atom stereocenters. The van der Waals surface area contributed by atoms with Crippen molar-refractivity contribution >= 4 is 5.97 Å². The van der Waals surface area contributed by atoms with Crippen molar-refractivity contribution in [1.82, 2.24) is 0 Å². The second-order valence-corrected chi connectivity index (χ2v) is 4.86. The van der Waals surface area contributed by atoms with Gasteiger partial charge in [-0.2, -0.15) is 22.0 Å². The average Bonchev–Trinajstić information content (AvgIpc) is 2.45. The van der Waals surface area contributed by atoms with Crippen molar-refractivity contribution < 1.29 is 45.0 Å². The highest BCUT2D eigenvalue weighted by molar-refractivity contribution is 5.69. The van der Waals surface area contributed by atoms with Gasteiger partial charge in [0.1, 0.15) is 24.8 Å². The van der Waals surface area contributed by atoms with Crippen LogP contribution < -0.4 is 0 Å². The predicted molar refractivity (Wildman–Crippen MR) is 67.3 cm³/mol. The summed E-state index contributed by atoms with van der Waals surface area (Å²) < 4.78 is 95.9. The quantitative estimate of drug-likeness (QED) is 0.419. The molecule has 136 valence electrons. The second-order valence-electron chi connectivity index (χ2n) is 4.86. The lowest BCUT2D eigenvalue weighted by atomic mass is 10.1. The van der Waals surface area contributed by atoms with Gasteiger partial charge in [-0.3, -0.25) is 4.79 Å². The number of rotatable bonds is 7. The van der Waals surface area contributed by atoms with Gasteiger partial charge in [0.15, 0.2) is 0 Å². The van der Waals surface area contributed by atoms with E-state index < -0.39 is 55.9 Å². The first-order chi connectivity index (χ1) is 10.9. The van der Waals surface area contributed by atoms with E-state index in [0.717, 1.165) is 12.1 Å². The highest BCUT2D eigenvalue weighted by Crippen LogP contribution is 2.35. The Hall–Kier alpha value is -1.84. The van der Waals surface area contributed by atoms with E-state index in [9.17, 15) is 35.5 Å². The molecule has 0 N–H and O–H groups in total. The molecule has 1 rings (SSSR count). The molecule has 0 aromatic heterocycles. The third-order valence-corrected chi connectivity index (χ3v) is 2.86. The number of hydrogen-bond donors (Lipinski definition) is 0. The molecule has 0 spiro atoms. The molecule has 1 aromatic rings. The van der Waals surface area contributed by atoms with Crippen molar-refractivity contribution in [1.29, 1.82) is 0 Å². The van der Waals surface area contributed by atoms with Gasteiger partial charge in [-0.25, -0.2) is 8.78 Å². The molecule has 1 aromatic carbocycles. The minimum atomic E-state index is -5.75. The van der Waals surface area contributed by atoms with Crippen LogP contribution in [0.2, 0.25) is 0 Å². The number of hydrogen-bond acceptors (Lipinski definition) is 3. The molecular weight excluding hydrogens is 349 g/mol. The fourth-order valence-electron chi connectivity index (χ4n) is 1.47. The lowest BCUT2D eigenvalue weighted by Gasteiger charge is -2.19. The number of alkyl halides is 5. The van der Waals surface area contributed by atoms with E-state index in [1.807, 2.05) is 0 Å². The van der Waals surface area contributed by atoms with E-state index in [4.69, 9.17) is 0 Å². The molecule has 0 saturated carbocycles. The van der Waals surface area contributed by atoms with Crippen LogP contribution in [0.5, 0.6) is 0 Å². The van der Waals surface area contributed by atoms with Crippen molar-refractivity contribution in [2.24, 2.45) is 0 Å². The molecule has 0 radical (unpaired) electrons. The molecule has 0 heterocycles. The molecule has 0 atom stereocenters. The van der Waals surface area contributed by atoms with Gasteiger partial charge in [-0.1, -0.05) is 0 Å². The summed E-state index contributed by atoms with van der Waals surface area (Å²) in [7, 11) is 0. The normalized spacial score (nSPS) is 12.3. The molecular formula is C14H13F7O3. The standard InChI is InChI=1S/C14H13F7O3/c1-8-4-11(16)9(5-10(8)15)6-24-12(22)2-3-23-7-13(17,18)14(19,20)21/h4-5H,2-3,6-7H2,1H3. The number of ether oxygens (including phenoxy) is 2. The molecule has 0 bridgehead atoms. The van der Waals surface area contributed by atoms with Crippen LogP contribution in [0.25, 0.3) is 0 Å². The molecule has 3 nitrogen and oxygen atoms in total. The Balaban J connectivity index is 2.37. The molecule has 0 fully saturated rings. The fraction of sp³-hybridized carbons (Fsp3) is 0.500. The van der Waals surface area contributed by atoms with Crippen molar-refractivity contribution in [3.63, 3.8) is 0 Å². The van der Waals surface area contributed by atoms with Crippen LogP contribution in [0.3, 0.4) is 0 Å². The predicted octanol–water partition coefficient (Wildman–Crippen LogP) is 3.92. The van der Waals surface area contributed by atoms with Gasteiger partial charge in [0.2, 0.25) is 0 Å². The Bertz CT molecular complexity index is 584. The van der Waals surface area contributed by atoms with E-state index >= 15 is 0 Å². The maximum absolute atomic E-state index is 13.5. The lowest BCUT2D eigenvalue weighted by Crippen LogP contribution is -2.40. The largest absolute Gasteiger partial charge is 0.461 e. The highest BCUT2D eigenvalue weighted by atomic mass is 19.4. The zero-order valence-corrected chi connectivity index (χ0v) is 12.4. The van der Waals surface area contributed by atoms with E-state index in [1.165, 1.54) is 6.92 Å². The summed E-state index contributed by atoms with van der Waals surface area (Å²) in [5.41, 5.74) is -0.183. The van der Waals surface area contributed by atoms with Crippen LogP contribution >= 0.6 is 0 Å². The molecule has 0 aliphatic rings. The number of aryl methyl sites for hydroxylation is 1. The first-order valence-corrected chi connectivity index (χ1v) is 6.56. The van der Waals surface area contributed by atoms with Crippen molar-refractivity contribution in [3.8, 4) is 0 Å². The summed E-state index contributed by atoms with van der Waals surface area (Å²) in [6.45, 7) is -1.94. The molecule has 24 heavy (non-hydrogen) atoms. The van der Waals surface area contributed by atoms with Gasteiger partial charge in [0.05, 0.1) is 13.0 Å². The number of carbonyl (C=O) groups is 1. The first kappa shape index (κ1) is 20.2. The van der Waals surface area contributed by atoms with Crippen LogP contribution in [0, 0.1) is 18.6 Å². The third kappa shape index (κ3) is 5.66. The number of esters is 1. The average molecular weight is 362 g/mol. The lowest BCUT2D eigenvalue weighted by molar-refractivity contribution is -0.296. The number of halogens is 7. The Labute approximate surface area is 132 Å². The summed E-state index contributed by atoms with van der Waals surface area (Å²) in [4.78, 5) is 11.3. The fourth-order valence-corrected chi connectivity index (χ4v) is 1.47. The Morgan fingerprint density at radius 3 is 2.29 bits per heavy atom. The molecule has 0 amide bonds. The van der Waals surface area contributed by atoms with Crippen LogP contribution in [0.1, 0.15) is 17.5 Å². The van der Waals surface area contributed by atoms with Crippen LogP contribution in [0.15, 0.2) is 12.1 Å². The van der Waals surface area contributed by atoms with Crippen molar-refractivity contribution in [3.05, 3.63) is 34.9 Å². The zero-order valence-electron chi connectivity index (χ0n) is 12.4. The van der Waals surface area contributed by atoms with E-state index in [0.29, 0.717) is 0 Å². The summed E-state index contributed by atoms with van der Waals surface area (Å²) in [6, 6.07) is 1.74. The smallest absolute Gasteiger partial charge is 0.455 e. The monoisotopic (exact) mass is 362 g/mol. The Morgan fingerprint density at radius 2 is 1.71 bits per heavy atom. The maximum atomic E-state index is 13.5. The topological polar surface area (TPSA) is 35.5 Å². The van der Waals surface area contributed by atoms with E-state index in [1.54, 1.807) is 0 Å².